The van der Waals surface area contributed by atoms with E-state index in [-0.39, 0.29) is 0 Å². The van der Waals surface area contributed by atoms with Crippen LogP contribution >= 0.6 is 0 Å². The molecule has 17 heavy (non-hydrogen) atoms. The normalized spacial score (nSPS) is 17.3. The Balaban J connectivity index is 1.79. The van der Waals surface area contributed by atoms with Crippen LogP contribution in [0.1, 0.15) is 19.8 Å². The summed E-state index contributed by atoms with van der Waals surface area (Å²) in [5, 5.41) is 3.44. The number of rotatable bonds is 4. The molecule has 0 aromatic carbocycles. The summed E-state index contributed by atoms with van der Waals surface area (Å²) in [4.78, 5) is 8.78. The third-order valence-electron chi connectivity index (χ3n) is 3.66. The summed E-state index contributed by atoms with van der Waals surface area (Å²) in [6.07, 6.45) is 6.46. The van der Waals surface area contributed by atoms with E-state index in [0.717, 1.165) is 35.2 Å². The van der Waals surface area contributed by atoms with Crippen molar-refractivity contribution in [1.29, 1.82) is 0 Å². The molecule has 1 unspecified atom stereocenters. The van der Waals surface area contributed by atoms with Gasteiger partial charge < -0.3 is 9.88 Å². The van der Waals surface area contributed by atoms with Gasteiger partial charge in [0.25, 0.3) is 0 Å². The van der Waals surface area contributed by atoms with Crippen LogP contribution in [0.25, 0.3) is 11.0 Å². The minimum atomic E-state index is 0.732. The van der Waals surface area contributed by atoms with Gasteiger partial charge in [-0.2, -0.15) is 0 Å². The van der Waals surface area contributed by atoms with Gasteiger partial charge in [0.15, 0.2) is 5.82 Å². The van der Waals surface area contributed by atoms with Crippen molar-refractivity contribution in [1.82, 2.24) is 14.5 Å². The fraction of sp³-hybridized carbons (Fsp3) is 0.538. The maximum atomic E-state index is 4.39. The van der Waals surface area contributed by atoms with Gasteiger partial charge in [0.2, 0.25) is 0 Å². The number of anilines is 1. The largest absolute Gasteiger partial charge is 0.368 e. The molecular formula is C13H18N4. The van der Waals surface area contributed by atoms with Gasteiger partial charge in [-0.1, -0.05) is 6.92 Å². The zero-order valence-corrected chi connectivity index (χ0v) is 10.3. The quantitative estimate of drug-likeness (QED) is 0.877. The molecule has 4 nitrogen and oxygen atoms in total. The van der Waals surface area contributed by atoms with E-state index in [1.807, 2.05) is 30.2 Å². The smallest absolute Gasteiger partial charge is 0.154 e. The minimum Gasteiger partial charge on any atom is -0.368 e. The predicted octanol–water partition coefficient (Wildman–Crippen LogP) is 2.43. The number of imidazole rings is 1. The molecule has 90 valence electrons. The lowest BCUT2D eigenvalue weighted by Crippen LogP contribution is -2.13. The van der Waals surface area contributed by atoms with Crippen LogP contribution in [-0.4, -0.2) is 21.1 Å². The van der Waals surface area contributed by atoms with Gasteiger partial charge in [-0.3, -0.25) is 0 Å². The highest BCUT2D eigenvalue weighted by Gasteiger charge is 2.27. The van der Waals surface area contributed by atoms with Crippen LogP contribution in [0.5, 0.6) is 0 Å². The molecule has 1 saturated carbocycles. The van der Waals surface area contributed by atoms with Crippen molar-refractivity contribution in [3.8, 4) is 0 Å². The summed E-state index contributed by atoms with van der Waals surface area (Å²) in [7, 11) is 2.01. The zero-order chi connectivity index (χ0) is 11.8. The molecule has 2 aromatic rings. The molecule has 2 heterocycles. The van der Waals surface area contributed by atoms with Gasteiger partial charge in [-0.05, 0) is 30.7 Å². The van der Waals surface area contributed by atoms with Crippen LogP contribution in [-0.2, 0) is 7.05 Å². The van der Waals surface area contributed by atoms with E-state index in [4.69, 9.17) is 0 Å². The molecular weight excluding hydrogens is 212 g/mol. The molecule has 0 radical (unpaired) electrons. The number of nitrogens with zero attached hydrogens (tertiary/aromatic N) is 3. The van der Waals surface area contributed by atoms with Gasteiger partial charge in [-0.15, -0.1) is 0 Å². The van der Waals surface area contributed by atoms with Crippen LogP contribution in [0.15, 0.2) is 18.6 Å². The number of fused-ring (bicyclic) bond motifs is 1. The molecule has 0 bridgehead atoms. The number of pyridine rings is 1. The van der Waals surface area contributed by atoms with E-state index in [9.17, 15) is 0 Å². The Hall–Kier alpha value is -1.58. The lowest BCUT2D eigenvalue weighted by atomic mass is 10.1. The molecule has 1 N–H and O–H groups in total. The van der Waals surface area contributed by atoms with Gasteiger partial charge in [0.05, 0.1) is 11.8 Å². The minimum absolute atomic E-state index is 0.732. The second-order valence-corrected chi connectivity index (χ2v) is 5.08. The second-order valence-electron chi connectivity index (χ2n) is 5.08. The Bertz CT molecular complexity index is 527. The van der Waals surface area contributed by atoms with Crippen molar-refractivity contribution in [2.45, 2.75) is 19.8 Å². The predicted molar refractivity (Wildman–Crippen MR) is 68.9 cm³/mol. The highest BCUT2D eigenvalue weighted by atomic mass is 15.1. The summed E-state index contributed by atoms with van der Waals surface area (Å²) >= 11 is 0. The molecule has 0 saturated heterocycles. The Morgan fingerprint density at radius 3 is 3.06 bits per heavy atom. The topological polar surface area (TPSA) is 42.7 Å². The molecule has 1 atom stereocenters. The lowest BCUT2D eigenvalue weighted by Gasteiger charge is -2.12. The number of nitrogens with one attached hydrogen (secondary N) is 1. The summed E-state index contributed by atoms with van der Waals surface area (Å²) in [6, 6.07) is 2.00. The molecule has 0 amide bonds. The van der Waals surface area contributed by atoms with Crippen molar-refractivity contribution in [3.05, 3.63) is 18.6 Å². The number of aryl methyl sites for hydroxylation is 1. The first-order chi connectivity index (χ1) is 8.25. The summed E-state index contributed by atoms with van der Waals surface area (Å²) in [5.41, 5.74) is 2.10. The van der Waals surface area contributed by atoms with E-state index in [2.05, 4.69) is 22.2 Å². The summed E-state index contributed by atoms with van der Waals surface area (Å²) in [5.74, 6) is 2.57. The lowest BCUT2D eigenvalue weighted by molar-refractivity contribution is 0.536. The van der Waals surface area contributed by atoms with E-state index in [1.54, 1.807) is 0 Å². The van der Waals surface area contributed by atoms with Gasteiger partial charge in [-0.25, -0.2) is 9.97 Å². The van der Waals surface area contributed by atoms with Crippen LogP contribution in [0.4, 0.5) is 5.82 Å². The standard InChI is InChI=1S/C13H18N4/c1-9(10-3-4-10)7-15-13-12-11(5-6-14-13)17(2)8-16-12/h5-6,8-10H,3-4,7H2,1-2H3,(H,14,15). The molecule has 1 aliphatic carbocycles. The third kappa shape index (κ3) is 1.99. The van der Waals surface area contributed by atoms with Crippen molar-refractivity contribution in [2.24, 2.45) is 18.9 Å². The van der Waals surface area contributed by atoms with Crippen molar-refractivity contribution in [2.75, 3.05) is 11.9 Å². The molecule has 2 aromatic heterocycles. The van der Waals surface area contributed by atoms with E-state index >= 15 is 0 Å². The van der Waals surface area contributed by atoms with Crippen LogP contribution in [0, 0.1) is 11.8 Å². The summed E-state index contributed by atoms with van der Waals surface area (Å²) in [6.45, 7) is 3.30. The molecule has 4 heteroatoms. The number of hydrogen-bond donors (Lipinski definition) is 1. The highest BCUT2D eigenvalue weighted by molar-refractivity contribution is 5.85. The van der Waals surface area contributed by atoms with Crippen LogP contribution in [0.3, 0.4) is 0 Å². The number of hydrogen-bond acceptors (Lipinski definition) is 3. The third-order valence-corrected chi connectivity index (χ3v) is 3.66. The molecule has 1 fully saturated rings. The van der Waals surface area contributed by atoms with Gasteiger partial charge >= 0.3 is 0 Å². The van der Waals surface area contributed by atoms with Gasteiger partial charge in [0.1, 0.15) is 5.52 Å². The van der Waals surface area contributed by atoms with E-state index < -0.39 is 0 Å². The van der Waals surface area contributed by atoms with Crippen LogP contribution in [0.2, 0.25) is 0 Å². The maximum Gasteiger partial charge on any atom is 0.154 e. The molecule has 0 aliphatic heterocycles. The van der Waals surface area contributed by atoms with Crippen LogP contribution < -0.4 is 5.32 Å². The van der Waals surface area contributed by atoms with Crippen molar-refractivity contribution < 1.29 is 0 Å². The Labute approximate surface area is 101 Å². The molecule has 1 aliphatic rings. The maximum absolute atomic E-state index is 4.39. The Kier molecular flexibility index (Phi) is 2.50. The average molecular weight is 230 g/mol. The average Bonchev–Trinajstić information content (AvgIpc) is 3.12. The fourth-order valence-corrected chi connectivity index (χ4v) is 2.28. The molecule has 0 spiro atoms. The Morgan fingerprint density at radius 2 is 2.29 bits per heavy atom. The molecule has 3 rings (SSSR count). The van der Waals surface area contributed by atoms with E-state index in [1.165, 1.54) is 12.8 Å². The SMILES string of the molecule is CC(CNc1nccc2c1ncn2C)C1CC1. The first-order valence-electron chi connectivity index (χ1n) is 6.25. The van der Waals surface area contributed by atoms with Crippen molar-refractivity contribution >= 4 is 16.9 Å². The summed E-state index contributed by atoms with van der Waals surface area (Å²) < 4.78 is 2.02. The van der Waals surface area contributed by atoms with E-state index in [0.29, 0.717) is 0 Å². The monoisotopic (exact) mass is 230 g/mol. The first kappa shape index (κ1) is 10.6. The zero-order valence-electron chi connectivity index (χ0n) is 10.3. The fourth-order valence-electron chi connectivity index (χ4n) is 2.28. The highest BCUT2D eigenvalue weighted by Crippen LogP contribution is 2.36. The van der Waals surface area contributed by atoms with Crippen molar-refractivity contribution in [3.63, 3.8) is 0 Å². The first-order valence-corrected chi connectivity index (χ1v) is 6.25. The van der Waals surface area contributed by atoms with Gasteiger partial charge in [0, 0.05) is 19.8 Å². The Morgan fingerprint density at radius 1 is 1.47 bits per heavy atom. The number of aromatic nitrogens is 3. The second kappa shape index (κ2) is 4.02.